The first-order valence-corrected chi connectivity index (χ1v) is 7.98. The number of aryl methyl sites for hydroxylation is 1. The fraction of sp³-hybridized carbons (Fsp3) is 0.800. The van der Waals surface area contributed by atoms with Crippen molar-refractivity contribution >= 4 is 5.91 Å². The van der Waals surface area contributed by atoms with Gasteiger partial charge in [0.15, 0.2) is 0 Å². The number of aromatic nitrogens is 3. The summed E-state index contributed by atoms with van der Waals surface area (Å²) in [5.74, 6) is 0.0243. The highest BCUT2D eigenvalue weighted by Crippen LogP contribution is 2.50. The van der Waals surface area contributed by atoms with Gasteiger partial charge >= 0.3 is 0 Å². The highest BCUT2D eigenvalue weighted by atomic mass is 16.5. The van der Waals surface area contributed by atoms with Crippen LogP contribution in [0.15, 0.2) is 6.20 Å². The molecule has 0 aromatic carbocycles. The van der Waals surface area contributed by atoms with Crippen LogP contribution in [0.1, 0.15) is 31.9 Å². The molecule has 1 saturated carbocycles. The second kappa shape index (κ2) is 6.34. The van der Waals surface area contributed by atoms with Gasteiger partial charge in [0.2, 0.25) is 5.91 Å². The third-order valence-electron chi connectivity index (χ3n) is 5.06. The smallest absolute Gasteiger partial charge is 0.226 e. The van der Waals surface area contributed by atoms with Crippen LogP contribution in [-0.4, -0.2) is 52.9 Å². The van der Waals surface area contributed by atoms with Crippen LogP contribution in [0.4, 0.5) is 0 Å². The van der Waals surface area contributed by atoms with E-state index in [0.29, 0.717) is 13.0 Å². The van der Waals surface area contributed by atoms with Gasteiger partial charge < -0.3 is 14.8 Å². The number of ether oxygens (including phenoxy) is 2. The largest absolute Gasteiger partial charge is 0.381 e. The quantitative estimate of drug-likeness (QED) is 0.854. The maximum atomic E-state index is 12.3. The van der Waals surface area contributed by atoms with Gasteiger partial charge in [-0.25, -0.2) is 0 Å². The molecular formula is C15H24N4O3. The van der Waals surface area contributed by atoms with Crippen molar-refractivity contribution < 1.29 is 14.3 Å². The van der Waals surface area contributed by atoms with E-state index in [4.69, 9.17) is 9.47 Å². The molecule has 2 aliphatic rings. The van der Waals surface area contributed by atoms with Crippen molar-refractivity contribution in [2.75, 3.05) is 19.8 Å². The second-order valence-electron chi connectivity index (χ2n) is 6.17. The Morgan fingerprint density at radius 2 is 2.32 bits per heavy atom. The summed E-state index contributed by atoms with van der Waals surface area (Å²) in [6.07, 6.45) is 4.99. The Bertz CT molecular complexity index is 525. The molecule has 1 amide bonds. The van der Waals surface area contributed by atoms with Gasteiger partial charge in [-0.15, -0.1) is 5.10 Å². The number of hydrogen-bond acceptors (Lipinski definition) is 5. The Kier molecular flexibility index (Phi) is 4.44. The lowest BCUT2D eigenvalue weighted by molar-refractivity contribution is -0.175. The van der Waals surface area contributed by atoms with E-state index < -0.39 is 0 Å². The highest BCUT2D eigenvalue weighted by molar-refractivity contribution is 5.78. The molecule has 3 rings (SSSR count). The summed E-state index contributed by atoms with van der Waals surface area (Å²) in [6, 6.07) is 0.182. The minimum Gasteiger partial charge on any atom is -0.381 e. The van der Waals surface area contributed by atoms with Gasteiger partial charge in [0.1, 0.15) is 0 Å². The van der Waals surface area contributed by atoms with Crippen LogP contribution in [0.2, 0.25) is 0 Å². The van der Waals surface area contributed by atoms with Crippen molar-refractivity contribution in [3.63, 3.8) is 0 Å². The van der Waals surface area contributed by atoms with Crippen molar-refractivity contribution in [1.82, 2.24) is 20.3 Å². The minimum absolute atomic E-state index is 0.0243. The summed E-state index contributed by atoms with van der Waals surface area (Å²) in [7, 11) is 1.80. The molecule has 122 valence electrons. The lowest BCUT2D eigenvalue weighted by Gasteiger charge is -2.57. The Balaban J connectivity index is 1.62. The molecule has 22 heavy (non-hydrogen) atoms. The standard InChI is InChI=1S/C15H24N4O3/c1-3-22-13-9-12(15(13)4-6-21-7-5-15)17-14(20)8-11-10-16-18-19(11)2/h10,12-13H,3-9H2,1-2H3,(H,17,20)/t12-,13-/m1/s1. The third-order valence-corrected chi connectivity index (χ3v) is 5.06. The molecule has 2 fully saturated rings. The summed E-state index contributed by atoms with van der Waals surface area (Å²) in [4.78, 5) is 12.3. The van der Waals surface area contributed by atoms with Crippen molar-refractivity contribution in [3.8, 4) is 0 Å². The molecule has 7 nitrogen and oxygen atoms in total. The molecule has 1 aromatic rings. The van der Waals surface area contributed by atoms with Gasteiger partial charge in [0.25, 0.3) is 0 Å². The molecule has 2 heterocycles. The highest BCUT2D eigenvalue weighted by Gasteiger charge is 2.56. The monoisotopic (exact) mass is 308 g/mol. The van der Waals surface area contributed by atoms with Crippen molar-refractivity contribution in [1.29, 1.82) is 0 Å². The van der Waals surface area contributed by atoms with Crippen molar-refractivity contribution in [2.45, 2.75) is 44.8 Å². The van der Waals surface area contributed by atoms with Gasteiger partial charge in [-0.05, 0) is 26.2 Å². The van der Waals surface area contributed by atoms with Gasteiger partial charge in [0, 0.05) is 38.3 Å². The van der Waals surface area contributed by atoms with Gasteiger partial charge in [0.05, 0.1) is 24.4 Å². The van der Waals surface area contributed by atoms with E-state index in [1.165, 1.54) is 0 Å². The molecule has 7 heteroatoms. The normalized spacial score (nSPS) is 26.6. The van der Waals surface area contributed by atoms with Gasteiger partial charge in [-0.1, -0.05) is 5.21 Å². The zero-order chi connectivity index (χ0) is 15.6. The zero-order valence-corrected chi connectivity index (χ0v) is 13.2. The molecule has 1 aromatic heterocycles. The number of nitrogens with zero attached hydrogens (tertiary/aromatic N) is 3. The van der Waals surface area contributed by atoms with Crippen LogP contribution in [0.3, 0.4) is 0 Å². The first kappa shape index (κ1) is 15.4. The summed E-state index contributed by atoms with van der Waals surface area (Å²) >= 11 is 0. The maximum Gasteiger partial charge on any atom is 0.226 e. The van der Waals surface area contributed by atoms with E-state index in [-0.39, 0.29) is 23.5 Å². The molecule has 0 bridgehead atoms. The lowest BCUT2D eigenvalue weighted by Crippen LogP contribution is -2.66. The van der Waals surface area contributed by atoms with Gasteiger partial charge in [-0.3, -0.25) is 9.48 Å². The van der Waals surface area contributed by atoms with E-state index in [9.17, 15) is 4.79 Å². The first-order valence-electron chi connectivity index (χ1n) is 7.98. The number of nitrogens with one attached hydrogen (secondary N) is 1. The number of amides is 1. The predicted molar refractivity (Wildman–Crippen MR) is 79.2 cm³/mol. The Hall–Kier alpha value is -1.47. The fourth-order valence-electron chi connectivity index (χ4n) is 3.69. The molecule has 1 aliphatic carbocycles. The Morgan fingerprint density at radius 3 is 2.95 bits per heavy atom. The number of hydrogen-bond donors (Lipinski definition) is 1. The first-order chi connectivity index (χ1) is 10.7. The van der Waals surface area contributed by atoms with E-state index in [1.807, 2.05) is 6.92 Å². The maximum absolute atomic E-state index is 12.3. The predicted octanol–water partition coefficient (Wildman–Crippen LogP) is 0.448. The number of carbonyl (C=O) groups excluding carboxylic acids is 1. The lowest BCUT2D eigenvalue weighted by atomic mass is 9.57. The average molecular weight is 308 g/mol. The second-order valence-corrected chi connectivity index (χ2v) is 6.17. The number of rotatable bonds is 5. The zero-order valence-electron chi connectivity index (χ0n) is 13.2. The molecule has 1 aliphatic heterocycles. The summed E-state index contributed by atoms with van der Waals surface area (Å²) in [5, 5.41) is 10.8. The minimum atomic E-state index is 0.0243. The van der Waals surface area contributed by atoms with E-state index in [1.54, 1.807) is 17.9 Å². The average Bonchev–Trinajstić information content (AvgIpc) is 2.92. The van der Waals surface area contributed by atoms with Crippen molar-refractivity contribution in [2.24, 2.45) is 12.5 Å². The van der Waals surface area contributed by atoms with Gasteiger partial charge in [-0.2, -0.15) is 0 Å². The van der Waals surface area contributed by atoms with E-state index >= 15 is 0 Å². The van der Waals surface area contributed by atoms with Crippen LogP contribution in [0, 0.1) is 5.41 Å². The van der Waals surface area contributed by atoms with Crippen LogP contribution in [-0.2, 0) is 27.7 Å². The molecule has 2 atom stereocenters. The Morgan fingerprint density at radius 1 is 1.55 bits per heavy atom. The summed E-state index contributed by atoms with van der Waals surface area (Å²) < 4.78 is 13.0. The van der Waals surface area contributed by atoms with Crippen LogP contribution < -0.4 is 5.32 Å². The van der Waals surface area contributed by atoms with E-state index in [0.717, 1.165) is 38.2 Å². The molecular weight excluding hydrogens is 284 g/mol. The van der Waals surface area contributed by atoms with Crippen molar-refractivity contribution in [3.05, 3.63) is 11.9 Å². The fourth-order valence-corrected chi connectivity index (χ4v) is 3.69. The molecule has 1 N–H and O–H groups in total. The SMILES string of the molecule is CCO[C@@H]1C[C@@H](NC(=O)Cc2cnnn2C)C12CCOCC2. The summed E-state index contributed by atoms with van der Waals surface area (Å²) in [6.45, 7) is 4.24. The third kappa shape index (κ3) is 2.75. The topological polar surface area (TPSA) is 78.3 Å². The molecule has 0 unspecified atom stereocenters. The molecule has 0 radical (unpaired) electrons. The summed E-state index contributed by atoms with van der Waals surface area (Å²) in [5.41, 5.74) is 0.869. The molecule has 1 saturated heterocycles. The van der Waals surface area contributed by atoms with E-state index in [2.05, 4.69) is 15.6 Å². The van der Waals surface area contributed by atoms with Crippen LogP contribution >= 0.6 is 0 Å². The molecule has 1 spiro atoms. The van der Waals surface area contributed by atoms with Crippen LogP contribution in [0.25, 0.3) is 0 Å². The number of carbonyl (C=O) groups is 1. The Labute approximate surface area is 130 Å². The van der Waals surface area contributed by atoms with Crippen LogP contribution in [0.5, 0.6) is 0 Å².